The minimum Gasteiger partial charge on any atom is -0.353 e. The lowest BCUT2D eigenvalue weighted by Gasteiger charge is -2.27. The van der Waals surface area contributed by atoms with Crippen LogP contribution in [0.2, 0.25) is 0 Å². The SMILES string of the molecule is CC1(C)CC1NC(=O)C1C2CCC(C2)C1N. The van der Waals surface area contributed by atoms with E-state index in [9.17, 15) is 4.79 Å². The molecule has 3 fully saturated rings. The quantitative estimate of drug-likeness (QED) is 0.739. The molecule has 0 aromatic carbocycles. The van der Waals surface area contributed by atoms with Gasteiger partial charge in [0.2, 0.25) is 5.91 Å². The van der Waals surface area contributed by atoms with E-state index in [-0.39, 0.29) is 17.9 Å². The molecule has 0 spiro atoms. The molecule has 90 valence electrons. The van der Waals surface area contributed by atoms with Crippen LogP contribution in [0, 0.1) is 23.2 Å². The highest BCUT2D eigenvalue weighted by atomic mass is 16.2. The molecule has 0 radical (unpaired) electrons. The van der Waals surface area contributed by atoms with Crippen molar-refractivity contribution in [2.24, 2.45) is 28.9 Å². The van der Waals surface area contributed by atoms with Crippen LogP contribution in [0.3, 0.4) is 0 Å². The van der Waals surface area contributed by atoms with Crippen LogP contribution in [-0.4, -0.2) is 18.0 Å². The van der Waals surface area contributed by atoms with Crippen molar-refractivity contribution in [1.82, 2.24) is 5.32 Å². The van der Waals surface area contributed by atoms with E-state index < -0.39 is 0 Å². The Morgan fingerprint density at radius 1 is 1.31 bits per heavy atom. The Morgan fingerprint density at radius 3 is 2.44 bits per heavy atom. The summed E-state index contributed by atoms with van der Waals surface area (Å²) in [6.07, 6.45) is 4.76. The monoisotopic (exact) mass is 222 g/mol. The highest BCUT2D eigenvalue weighted by molar-refractivity contribution is 5.81. The molecule has 3 nitrogen and oxygen atoms in total. The molecular weight excluding hydrogens is 200 g/mol. The number of nitrogens with one attached hydrogen (secondary N) is 1. The maximum absolute atomic E-state index is 12.2. The summed E-state index contributed by atoms with van der Waals surface area (Å²) in [5.41, 5.74) is 6.48. The Kier molecular flexibility index (Phi) is 2.13. The molecule has 0 heterocycles. The number of amides is 1. The molecule has 3 N–H and O–H groups in total. The molecule has 3 saturated carbocycles. The van der Waals surface area contributed by atoms with Crippen molar-refractivity contribution in [2.45, 2.75) is 51.6 Å². The van der Waals surface area contributed by atoms with E-state index in [0.29, 0.717) is 23.3 Å². The maximum atomic E-state index is 12.2. The molecule has 5 unspecified atom stereocenters. The fraction of sp³-hybridized carbons (Fsp3) is 0.923. The molecule has 0 aromatic rings. The van der Waals surface area contributed by atoms with Gasteiger partial charge in [0.05, 0.1) is 5.92 Å². The van der Waals surface area contributed by atoms with E-state index in [1.54, 1.807) is 0 Å². The summed E-state index contributed by atoms with van der Waals surface area (Å²) in [6.45, 7) is 4.41. The van der Waals surface area contributed by atoms with Gasteiger partial charge in [0.15, 0.2) is 0 Å². The summed E-state index contributed by atoms with van der Waals surface area (Å²) in [6, 6.07) is 0.520. The van der Waals surface area contributed by atoms with Crippen molar-refractivity contribution in [3.8, 4) is 0 Å². The Bertz CT molecular complexity index is 324. The highest BCUT2D eigenvalue weighted by Gasteiger charge is 2.52. The number of nitrogens with two attached hydrogens (primary N) is 1. The summed E-state index contributed by atoms with van der Waals surface area (Å²) in [5, 5.41) is 3.18. The van der Waals surface area contributed by atoms with Crippen molar-refractivity contribution < 1.29 is 4.79 Å². The van der Waals surface area contributed by atoms with Crippen LogP contribution in [0.15, 0.2) is 0 Å². The standard InChI is InChI=1S/C13H22N2O/c1-13(2)6-9(13)15-12(16)10-7-3-4-8(5-7)11(10)14/h7-11H,3-6,14H2,1-2H3,(H,15,16). The lowest BCUT2D eigenvalue weighted by atomic mass is 9.84. The summed E-state index contributed by atoms with van der Waals surface area (Å²) >= 11 is 0. The fourth-order valence-electron chi connectivity index (χ4n) is 3.71. The zero-order valence-electron chi connectivity index (χ0n) is 10.2. The van der Waals surface area contributed by atoms with E-state index in [2.05, 4.69) is 19.2 Å². The molecule has 1 amide bonds. The Hall–Kier alpha value is -0.570. The van der Waals surface area contributed by atoms with Gasteiger partial charge in [0, 0.05) is 12.1 Å². The minimum atomic E-state index is 0.107. The van der Waals surface area contributed by atoms with E-state index in [0.717, 1.165) is 6.42 Å². The fourth-order valence-corrected chi connectivity index (χ4v) is 3.71. The number of carbonyl (C=O) groups excluding carboxylic acids is 1. The highest BCUT2D eigenvalue weighted by Crippen LogP contribution is 2.49. The molecular formula is C13H22N2O. The van der Waals surface area contributed by atoms with E-state index >= 15 is 0 Å². The first-order valence-electron chi connectivity index (χ1n) is 6.55. The zero-order valence-corrected chi connectivity index (χ0v) is 10.2. The van der Waals surface area contributed by atoms with Crippen LogP contribution >= 0.6 is 0 Å². The summed E-state index contributed by atoms with van der Waals surface area (Å²) in [4.78, 5) is 12.2. The largest absolute Gasteiger partial charge is 0.353 e. The van der Waals surface area contributed by atoms with Gasteiger partial charge in [-0.05, 0) is 42.9 Å². The third kappa shape index (κ3) is 1.48. The van der Waals surface area contributed by atoms with Gasteiger partial charge < -0.3 is 11.1 Å². The van der Waals surface area contributed by atoms with Crippen molar-refractivity contribution in [3.05, 3.63) is 0 Å². The second-order valence-electron chi connectivity index (χ2n) is 6.69. The van der Waals surface area contributed by atoms with Crippen LogP contribution in [0.25, 0.3) is 0 Å². The van der Waals surface area contributed by atoms with Crippen LogP contribution < -0.4 is 11.1 Å². The van der Waals surface area contributed by atoms with E-state index in [1.165, 1.54) is 19.3 Å². The van der Waals surface area contributed by atoms with Crippen molar-refractivity contribution in [3.63, 3.8) is 0 Å². The molecule has 0 aliphatic heterocycles. The first-order chi connectivity index (χ1) is 7.49. The number of hydrogen-bond acceptors (Lipinski definition) is 2. The second kappa shape index (κ2) is 3.22. The Labute approximate surface area is 97.2 Å². The molecule has 2 bridgehead atoms. The van der Waals surface area contributed by atoms with Crippen LogP contribution in [0.1, 0.15) is 39.5 Å². The summed E-state index contributed by atoms with van der Waals surface area (Å²) in [7, 11) is 0. The average molecular weight is 222 g/mol. The van der Waals surface area contributed by atoms with Gasteiger partial charge in [-0.1, -0.05) is 13.8 Å². The molecule has 5 atom stereocenters. The minimum absolute atomic E-state index is 0.107. The normalized spacial score (nSPS) is 48.1. The van der Waals surface area contributed by atoms with Gasteiger partial charge in [-0.3, -0.25) is 4.79 Å². The van der Waals surface area contributed by atoms with Gasteiger partial charge in [-0.15, -0.1) is 0 Å². The Morgan fingerprint density at radius 2 is 1.94 bits per heavy atom. The number of carbonyl (C=O) groups is 1. The van der Waals surface area contributed by atoms with Gasteiger partial charge >= 0.3 is 0 Å². The van der Waals surface area contributed by atoms with Crippen LogP contribution in [-0.2, 0) is 4.79 Å². The predicted molar refractivity (Wildman–Crippen MR) is 62.6 cm³/mol. The van der Waals surface area contributed by atoms with E-state index in [1.807, 2.05) is 0 Å². The number of rotatable bonds is 2. The van der Waals surface area contributed by atoms with Crippen molar-refractivity contribution in [1.29, 1.82) is 0 Å². The first-order valence-corrected chi connectivity index (χ1v) is 6.55. The van der Waals surface area contributed by atoms with E-state index in [4.69, 9.17) is 5.73 Å². The van der Waals surface area contributed by atoms with Crippen LogP contribution in [0.5, 0.6) is 0 Å². The molecule has 0 saturated heterocycles. The average Bonchev–Trinajstić information content (AvgIpc) is 2.64. The topological polar surface area (TPSA) is 55.1 Å². The van der Waals surface area contributed by atoms with Gasteiger partial charge in [-0.25, -0.2) is 0 Å². The molecule has 3 heteroatoms. The molecule has 3 rings (SSSR count). The maximum Gasteiger partial charge on any atom is 0.225 e. The third-order valence-electron chi connectivity index (χ3n) is 5.11. The first kappa shape index (κ1) is 10.6. The van der Waals surface area contributed by atoms with Crippen molar-refractivity contribution >= 4 is 5.91 Å². The Balaban J connectivity index is 1.63. The summed E-state index contributed by atoms with van der Waals surface area (Å²) < 4.78 is 0. The predicted octanol–water partition coefficient (Wildman–Crippen LogP) is 1.27. The van der Waals surface area contributed by atoms with Crippen molar-refractivity contribution in [2.75, 3.05) is 0 Å². The molecule has 16 heavy (non-hydrogen) atoms. The zero-order chi connectivity index (χ0) is 11.5. The smallest absolute Gasteiger partial charge is 0.225 e. The van der Waals surface area contributed by atoms with Gasteiger partial charge in [0.25, 0.3) is 0 Å². The lowest BCUT2D eigenvalue weighted by Crippen LogP contribution is -2.46. The van der Waals surface area contributed by atoms with Gasteiger partial charge in [0.1, 0.15) is 0 Å². The summed E-state index contributed by atoms with van der Waals surface area (Å²) in [5.74, 6) is 1.53. The van der Waals surface area contributed by atoms with Gasteiger partial charge in [-0.2, -0.15) is 0 Å². The number of fused-ring (bicyclic) bond motifs is 2. The molecule has 3 aliphatic carbocycles. The van der Waals surface area contributed by atoms with Crippen LogP contribution in [0.4, 0.5) is 0 Å². The molecule has 0 aromatic heterocycles. The molecule has 3 aliphatic rings. The third-order valence-corrected chi connectivity index (χ3v) is 5.11. The second-order valence-corrected chi connectivity index (χ2v) is 6.69. The number of hydrogen-bond donors (Lipinski definition) is 2. The lowest BCUT2D eigenvalue weighted by molar-refractivity contribution is -0.127.